The van der Waals surface area contributed by atoms with Crippen LogP contribution in [0.5, 0.6) is 5.75 Å². The van der Waals surface area contributed by atoms with Gasteiger partial charge in [-0.3, -0.25) is 4.79 Å². The normalized spacial score (nSPS) is 12.0. The Balaban J connectivity index is 1.61. The van der Waals surface area contributed by atoms with Crippen molar-refractivity contribution in [3.05, 3.63) is 59.7 Å². The van der Waals surface area contributed by atoms with Crippen molar-refractivity contribution in [3.63, 3.8) is 0 Å². The highest BCUT2D eigenvalue weighted by Crippen LogP contribution is 2.25. The van der Waals surface area contributed by atoms with Crippen LogP contribution in [0.1, 0.15) is 107 Å². The average molecular weight is 469 g/mol. The maximum absolute atomic E-state index is 12.6. The monoisotopic (exact) mass is 468 g/mol. The van der Waals surface area contributed by atoms with Crippen LogP contribution in [-0.2, 0) is 6.42 Å². The molecule has 0 N–H and O–H groups in total. The Morgan fingerprint density at radius 3 is 1.94 bits per heavy atom. The van der Waals surface area contributed by atoms with Gasteiger partial charge in [-0.15, -0.1) is 0 Å². The second-order valence-corrected chi connectivity index (χ2v) is 10.4. The van der Waals surface area contributed by atoms with E-state index >= 15 is 0 Å². The first-order valence-electron chi connectivity index (χ1n) is 13.2. The maximum Gasteiger partial charge on any atom is 0.224 e. The Kier molecular flexibility index (Phi) is 14.0. The molecular weight excluding hydrogens is 424 g/mol. The molecule has 0 spiro atoms. The number of hydrogen-bond acceptors (Lipinski definition) is 3. The van der Waals surface area contributed by atoms with E-state index in [0.717, 1.165) is 35.7 Å². The molecule has 2 aromatic carbocycles. The Labute approximate surface area is 206 Å². The second kappa shape index (κ2) is 16.8. The zero-order valence-corrected chi connectivity index (χ0v) is 21.9. The van der Waals surface area contributed by atoms with Crippen molar-refractivity contribution in [2.45, 2.75) is 103 Å². The molecule has 2 rings (SSSR count). The van der Waals surface area contributed by atoms with Gasteiger partial charge in [0.1, 0.15) is 5.75 Å². The Morgan fingerprint density at radius 2 is 1.36 bits per heavy atom. The van der Waals surface area contributed by atoms with Gasteiger partial charge in [0.15, 0.2) is 0 Å². The molecular formula is C30H44O2S. The van der Waals surface area contributed by atoms with Crippen LogP contribution in [0.4, 0.5) is 0 Å². The van der Waals surface area contributed by atoms with E-state index in [1.165, 1.54) is 81.5 Å². The molecule has 0 saturated heterocycles. The van der Waals surface area contributed by atoms with Crippen LogP contribution in [0, 0.1) is 5.92 Å². The van der Waals surface area contributed by atoms with Gasteiger partial charge in [0, 0.05) is 10.5 Å². The molecule has 0 aliphatic rings. The standard InChI is InChI=1S/C30H44O2S/c1-4-6-7-8-9-10-11-12-13-14-23-32-28-19-17-27(18-20-28)30(31)33-29-21-15-26(16-22-29)24-25(3)5-2/h15-22,25H,4-14,23-24H2,1-3H3. The summed E-state index contributed by atoms with van der Waals surface area (Å²) < 4.78 is 5.87. The van der Waals surface area contributed by atoms with E-state index in [2.05, 4.69) is 45.0 Å². The summed E-state index contributed by atoms with van der Waals surface area (Å²) in [5, 5.41) is 0.0749. The van der Waals surface area contributed by atoms with Gasteiger partial charge in [-0.1, -0.05) is 97.1 Å². The van der Waals surface area contributed by atoms with E-state index in [1.807, 2.05) is 24.3 Å². The molecule has 0 bridgehead atoms. The van der Waals surface area contributed by atoms with Crippen LogP contribution < -0.4 is 4.74 Å². The molecule has 0 aliphatic carbocycles. The molecule has 0 aliphatic heterocycles. The molecule has 33 heavy (non-hydrogen) atoms. The minimum Gasteiger partial charge on any atom is -0.494 e. The third-order valence-corrected chi connectivity index (χ3v) is 7.20. The lowest BCUT2D eigenvalue weighted by molar-refractivity contribution is 0.108. The smallest absolute Gasteiger partial charge is 0.224 e. The summed E-state index contributed by atoms with van der Waals surface area (Å²) >= 11 is 1.29. The molecule has 0 aromatic heterocycles. The highest BCUT2D eigenvalue weighted by atomic mass is 32.2. The SMILES string of the molecule is CCCCCCCCCCCCOc1ccc(C(=O)Sc2ccc(CC(C)CC)cc2)cc1. The van der Waals surface area contributed by atoms with Crippen molar-refractivity contribution in [1.82, 2.24) is 0 Å². The van der Waals surface area contributed by atoms with Gasteiger partial charge in [-0.2, -0.15) is 0 Å². The van der Waals surface area contributed by atoms with E-state index in [4.69, 9.17) is 4.74 Å². The molecule has 0 radical (unpaired) electrons. The molecule has 0 fully saturated rings. The summed E-state index contributed by atoms with van der Waals surface area (Å²) in [6, 6.07) is 16.0. The third-order valence-electron chi connectivity index (χ3n) is 6.27. The van der Waals surface area contributed by atoms with Crippen molar-refractivity contribution >= 4 is 16.9 Å². The summed E-state index contributed by atoms with van der Waals surface area (Å²) in [4.78, 5) is 13.6. The van der Waals surface area contributed by atoms with Gasteiger partial charge in [-0.25, -0.2) is 0 Å². The van der Waals surface area contributed by atoms with Gasteiger partial charge in [0.25, 0.3) is 0 Å². The lowest BCUT2D eigenvalue weighted by atomic mass is 9.99. The van der Waals surface area contributed by atoms with Crippen molar-refractivity contribution in [3.8, 4) is 5.75 Å². The fourth-order valence-corrected chi connectivity index (χ4v) is 4.61. The van der Waals surface area contributed by atoms with Crippen molar-refractivity contribution in [1.29, 1.82) is 0 Å². The number of carbonyl (C=O) groups excluding carboxylic acids is 1. The summed E-state index contributed by atoms with van der Waals surface area (Å²) in [5.74, 6) is 1.54. The van der Waals surface area contributed by atoms with Gasteiger partial charge < -0.3 is 4.74 Å². The van der Waals surface area contributed by atoms with Gasteiger partial charge in [-0.05, 0) is 72.5 Å². The van der Waals surface area contributed by atoms with Crippen LogP contribution in [0.2, 0.25) is 0 Å². The molecule has 3 heteroatoms. The quantitative estimate of drug-likeness (QED) is 0.171. The number of rotatable bonds is 17. The van der Waals surface area contributed by atoms with Crippen LogP contribution in [0.25, 0.3) is 0 Å². The minimum absolute atomic E-state index is 0.0749. The Hall–Kier alpha value is -1.74. The first kappa shape index (κ1) is 27.5. The molecule has 0 saturated carbocycles. The number of hydrogen-bond donors (Lipinski definition) is 0. The molecule has 2 aromatic rings. The zero-order chi connectivity index (χ0) is 23.7. The number of carbonyl (C=O) groups is 1. The van der Waals surface area contributed by atoms with E-state index in [1.54, 1.807) is 0 Å². The Bertz CT molecular complexity index is 767. The van der Waals surface area contributed by atoms with Crippen LogP contribution in [-0.4, -0.2) is 11.7 Å². The summed E-state index contributed by atoms with van der Waals surface area (Å²) in [7, 11) is 0. The predicted molar refractivity (Wildman–Crippen MR) is 144 cm³/mol. The lowest BCUT2D eigenvalue weighted by Crippen LogP contribution is -1.99. The number of benzene rings is 2. The first-order chi connectivity index (χ1) is 16.1. The van der Waals surface area contributed by atoms with Gasteiger partial charge in [0.2, 0.25) is 5.12 Å². The molecule has 0 amide bonds. The predicted octanol–water partition coefficient (Wildman–Crippen LogP) is 9.51. The third kappa shape index (κ3) is 11.8. The van der Waals surface area contributed by atoms with E-state index < -0.39 is 0 Å². The highest BCUT2D eigenvalue weighted by Gasteiger charge is 2.09. The van der Waals surface area contributed by atoms with E-state index in [-0.39, 0.29) is 5.12 Å². The van der Waals surface area contributed by atoms with E-state index in [9.17, 15) is 4.79 Å². The number of ether oxygens (including phenoxy) is 1. The lowest BCUT2D eigenvalue weighted by Gasteiger charge is -2.09. The molecule has 1 unspecified atom stereocenters. The fraction of sp³-hybridized carbons (Fsp3) is 0.567. The summed E-state index contributed by atoms with van der Waals surface area (Å²) in [6.45, 7) is 7.52. The van der Waals surface area contributed by atoms with Crippen LogP contribution in [0.15, 0.2) is 53.4 Å². The van der Waals surface area contributed by atoms with Crippen molar-refractivity contribution in [2.24, 2.45) is 5.92 Å². The highest BCUT2D eigenvalue weighted by molar-refractivity contribution is 8.14. The van der Waals surface area contributed by atoms with Crippen LogP contribution >= 0.6 is 11.8 Å². The molecule has 182 valence electrons. The van der Waals surface area contributed by atoms with E-state index in [0.29, 0.717) is 5.92 Å². The summed E-state index contributed by atoms with van der Waals surface area (Å²) in [5.41, 5.74) is 2.06. The van der Waals surface area contributed by atoms with Crippen molar-refractivity contribution in [2.75, 3.05) is 6.61 Å². The number of unbranched alkanes of at least 4 members (excludes halogenated alkanes) is 9. The first-order valence-corrected chi connectivity index (χ1v) is 14.0. The maximum atomic E-state index is 12.6. The summed E-state index contributed by atoms with van der Waals surface area (Å²) in [6.07, 6.45) is 15.5. The minimum atomic E-state index is 0.0749. The van der Waals surface area contributed by atoms with Gasteiger partial charge in [0.05, 0.1) is 6.61 Å². The fourth-order valence-electron chi connectivity index (χ4n) is 3.87. The Morgan fingerprint density at radius 1 is 0.788 bits per heavy atom. The molecule has 0 heterocycles. The molecule has 1 atom stereocenters. The number of thioether (sulfide) groups is 1. The average Bonchev–Trinajstić information content (AvgIpc) is 2.84. The van der Waals surface area contributed by atoms with Gasteiger partial charge >= 0.3 is 0 Å². The topological polar surface area (TPSA) is 26.3 Å². The zero-order valence-electron chi connectivity index (χ0n) is 21.1. The van der Waals surface area contributed by atoms with Crippen LogP contribution in [0.3, 0.4) is 0 Å². The largest absolute Gasteiger partial charge is 0.494 e. The molecule has 2 nitrogen and oxygen atoms in total. The second-order valence-electron chi connectivity index (χ2n) is 9.31. The van der Waals surface area contributed by atoms with Crippen molar-refractivity contribution < 1.29 is 9.53 Å².